The van der Waals surface area contributed by atoms with E-state index in [1.54, 1.807) is 4.90 Å². The highest BCUT2D eigenvalue weighted by Gasteiger charge is 2.22. The van der Waals surface area contributed by atoms with E-state index in [1.165, 1.54) is 13.0 Å². The summed E-state index contributed by atoms with van der Waals surface area (Å²) in [6.07, 6.45) is 6.50. The smallest absolute Gasteiger partial charge is 0.274 e. The normalized spacial score (nSPS) is 21.2. The molecule has 132 valence electrons. The van der Waals surface area contributed by atoms with Gasteiger partial charge < -0.3 is 17.3 Å². The number of fused-ring (bicyclic) bond motifs is 1. The van der Waals surface area contributed by atoms with Crippen molar-refractivity contribution >= 4 is 10.8 Å². The third-order valence-electron chi connectivity index (χ3n) is 5.06. The molecule has 0 aliphatic carbocycles. The van der Waals surface area contributed by atoms with E-state index in [0.717, 1.165) is 55.1 Å². The SMILES string of the molecule is CCCCc1nn(C2CCC[NH+](C)CC2)c(=O)c2ccccc12.[Cl-]. The topological polar surface area (TPSA) is 39.3 Å². The van der Waals surface area contributed by atoms with Crippen molar-refractivity contribution < 1.29 is 17.3 Å². The third kappa shape index (κ3) is 3.98. The summed E-state index contributed by atoms with van der Waals surface area (Å²) in [6.45, 7) is 4.51. The number of hydrogen-bond acceptors (Lipinski definition) is 2. The maximum absolute atomic E-state index is 12.9. The molecule has 1 saturated heterocycles. The van der Waals surface area contributed by atoms with Gasteiger partial charge in [0.25, 0.3) is 5.56 Å². The number of unbranched alkanes of at least 4 members (excludes halogenated alkanes) is 1. The van der Waals surface area contributed by atoms with E-state index in [0.29, 0.717) is 0 Å². The lowest BCUT2D eigenvalue weighted by Gasteiger charge is -2.18. The molecule has 1 aromatic carbocycles. The van der Waals surface area contributed by atoms with Crippen LogP contribution in [-0.4, -0.2) is 29.9 Å². The van der Waals surface area contributed by atoms with Gasteiger partial charge in [-0.05, 0) is 31.7 Å². The zero-order valence-electron chi connectivity index (χ0n) is 14.7. The Morgan fingerprint density at radius 3 is 2.71 bits per heavy atom. The van der Waals surface area contributed by atoms with Crippen LogP contribution < -0.4 is 22.9 Å². The molecule has 5 heteroatoms. The molecule has 2 heterocycles. The Labute approximate surface area is 150 Å². The summed E-state index contributed by atoms with van der Waals surface area (Å²) in [7, 11) is 2.24. The molecule has 3 rings (SSSR count). The van der Waals surface area contributed by atoms with Gasteiger partial charge in [-0.15, -0.1) is 0 Å². The fraction of sp³-hybridized carbons (Fsp3) is 0.579. The van der Waals surface area contributed by atoms with Crippen LogP contribution in [0.15, 0.2) is 29.1 Å². The Morgan fingerprint density at radius 1 is 1.21 bits per heavy atom. The van der Waals surface area contributed by atoms with Crippen molar-refractivity contribution in [3.8, 4) is 0 Å². The van der Waals surface area contributed by atoms with Gasteiger partial charge in [-0.2, -0.15) is 5.10 Å². The largest absolute Gasteiger partial charge is 1.00 e. The summed E-state index contributed by atoms with van der Waals surface area (Å²) in [5, 5.41) is 6.70. The van der Waals surface area contributed by atoms with Gasteiger partial charge in [0.05, 0.1) is 37.3 Å². The lowest BCUT2D eigenvalue weighted by molar-refractivity contribution is -0.878. The van der Waals surface area contributed by atoms with Crippen molar-refractivity contribution in [1.29, 1.82) is 0 Å². The fourth-order valence-corrected chi connectivity index (χ4v) is 3.62. The first-order valence-corrected chi connectivity index (χ1v) is 9.02. The number of nitrogens with zero attached hydrogens (tertiary/aromatic N) is 2. The second kappa shape index (κ2) is 8.63. The van der Waals surface area contributed by atoms with E-state index in [4.69, 9.17) is 5.10 Å². The Morgan fingerprint density at radius 2 is 1.96 bits per heavy atom. The second-order valence-electron chi connectivity index (χ2n) is 6.89. The lowest BCUT2D eigenvalue weighted by Crippen LogP contribution is -3.08. The van der Waals surface area contributed by atoms with Crippen molar-refractivity contribution in [2.45, 2.75) is 51.5 Å². The van der Waals surface area contributed by atoms with Gasteiger partial charge in [-0.3, -0.25) is 4.79 Å². The molecule has 1 fully saturated rings. The summed E-state index contributed by atoms with van der Waals surface area (Å²) in [5.74, 6) is 0. The molecule has 1 N–H and O–H groups in total. The molecule has 0 bridgehead atoms. The van der Waals surface area contributed by atoms with E-state index >= 15 is 0 Å². The van der Waals surface area contributed by atoms with Crippen molar-refractivity contribution in [3.63, 3.8) is 0 Å². The minimum absolute atomic E-state index is 0. The van der Waals surface area contributed by atoms with Crippen LogP contribution in [0, 0.1) is 0 Å². The zero-order chi connectivity index (χ0) is 16.2. The Bertz CT molecular complexity index is 728. The van der Waals surface area contributed by atoms with Gasteiger partial charge >= 0.3 is 0 Å². The van der Waals surface area contributed by atoms with Crippen molar-refractivity contribution in [2.24, 2.45) is 0 Å². The Balaban J connectivity index is 0.00000208. The summed E-state index contributed by atoms with van der Waals surface area (Å²) < 4.78 is 1.81. The molecule has 1 aliphatic heterocycles. The molecule has 0 amide bonds. The van der Waals surface area contributed by atoms with Gasteiger partial charge in [-0.25, -0.2) is 4.68 Å². The second-order valence-corrected chi connectivity index (χ2v) is 6.89. The standard InChI is InChI=1S/C19H27N3O.ClH/c1-3-4-11-18-16-9-5-6-10-17(16)19(23)22(20-18)15-8-7-13-21(2)14-12-15;/h5-6,9-10,15H,3-4,7-8,11-14H2,1-2H3;1H. The van der Waals surface area contributed by atoms with Crippen LogP contribution in [0.3, 0.4) is 0 Å². The van der Waals surface area contributed by atoms with Crippen LogP contribution in [0.2, 0.25) is 0 Å². The molecule has 1 aromatic heterocycles. The first-order valence-electron chi connectivity index (χ1n) is 9.02. The molecule has 1 aliphatic rings. The Hall–Kier alpha value is -1.39. The van der Waals surface area contributed by atoms with E-state index in [2.05, 4.69) is 14.0 Å². The number of rotatable bonds is 4. The number of nitrogens with one attached hydrogen (secondary N) is 1. The number of quaternary nitrogens is 1. The third-order valence-corrected chi connectivity index (χ3v) is 5.06. The predicted molar refractivity (Wildman–Crippen MR) is 94.1 cm³/mol. The quantitative estimate of drug-likeness (QED) is 0.768. The molecule has 0 radical (unpaired) electrons. The highest BCUT2D eigenvalue weighted by Crippen LogP contribution is 2.20. The molecule has 24 heavy (non-hydrogen) atoms. The van der Waals surface area contributed by atoms with E-state index < -0.39 is 0 Å². The summed E-state index contributed by atoms with van der Waals surface area (Å²) in [5.41, 5.74) is 1.18. The molecule has 4 nitrogen and oxygen atoms in total. The van der Waals surface area contributed by atoms with Crippen LogP contribution in [0.25, 0.3) is 10.8 Å². The molecule has 0 saturated carbocycles. The van der Waals surface area contributed by atoms with Gasteiger partial charge in [0.1, 0.15) is 0 Å². The van der Waals surface area contributed by atoms with E-state index in [-0.39, 0.29) is 24.0 Å². The maximum atomic E-state index is 12.9. The molecule has 2 atom stereocenters. The molecule has 0 spiro atoms. The van der Waals surface area contributed by atoms with Gasteiger partial charge in [0.15, 0.2) is 0 Å². The van der Waals surface area contributed by atoms with Crippen LogP contribution in [0.5, 0.6) is 0 Å². The molecule has 2 unspecified atom stereocenters. The predicted octanol–water partition coefficient (Wildman–Crippen LogP) is -1.02. The van der Waals surface area contributed by atoms with Crippen molar-refractivity contribution in [2.75, 3.05) is 20.1 Å². The van der Waals surface area contributed by atoms with Crippen molar-refractivity contribution in [1.82, 2.24) is 9.78 Å². The van der Waals surface area contributed by atoms with Crippen LogP contribution in [0.1, 0.15) is 50.8 Å². The number of aromatic nitrogens is 2. The number of aryl methyl sites for hydroxylation is 1. The highest BCUT2D eigenvalue weighted by atomic mass is 35.5. The Kier molecular flexibility index (Phi) is 6.81. The first kappa shape index (κ1) is 18.9. The molecular formula is C19H28ClN3O. The van der Waals surface area contributed by atoms with Crippen LogP contribution in [-0.2, 0) is 6.42 Å². The number of halogens is 1. The minimum atomic E-state index is 0. The fourth-order valence-electron chi connectivity index (χ4n) is 3.62. The highest BCUT2D eigenvalue weighted by molar-refractivity contribution is 5.83. The van der Waals surface area contributed by atoms with Crippen LogP contribution in [0.4, 0.5) is 0 Å². The maximum Gasteiger partial charge on any atom is 0.274 e. The van der Waals surface area contributed by atoms with Gasteiger partial charge in [-0.1, -0.05) is 31.5 Å². The zero-order valence-corrected chi connectivity index (χ0v) is 15.5. The molecular weight excluding hydrogens is 322 g/mol. The number of benzene rings is 1. The number of hydrogen-bond donors (Lipinski definition) is 1. The number of likely N-dealkylation sites (tertiary alicyclic amines) is 1. The summed E-state index contributed by atoms with van der Waals surface area (Å²) >= 11 is 0. The average Bonchev–Trinajstić information content (AvgIpc) is 2.79. The van der Waals surface area contributed by atoms with E-state index in [9.17, 15) is 4.79 Å². The monoisotopic (exact) mass is 349 g/mol. The minimum Gasteiger partial charge on any atom is -1.00 e. The van der Waals surface area contributed by atoms with E-state index in [1.807, 2.05) is 28.9 Å². The lowest BCUT2D eigenvalue weighted by atomic mass is 10.1. The summed E-state index contributed by atoms with van der Waals surface area (Å²) in [6, 6.07) is 8.23. The van der Waals surface area contributed by atoms with Crippen molar-refractivity contribution in [3.05, 3.63) is 40.3 Å². The molecule has 2 aromatic rings. The van der Waals surface area contributed by atoms with Crippen LogP contribution >= 0.6 is 0 Å². The van der Waals surface area contributed by atoms with Gasteiger partial charge in [0, 0.05) is 11.8 Å². The summed E-state index contributed by atoms with van der Waals surface area (Å²) in [4.78, 5) is 14.5. The van der Waals surface area contributed by atoms with Gasteiger partial charge in [0.2, 0.25) is 0 Å². The first-order chi connectivity index (χ1) is 11.2. The average molecular weight is 350 g/mol.